The predicted molar refractivity (Wildman–Crippen MR) is 115 cm³/mol. The van der Waals surface area contributed by atoms with Gasteiger partial charge in [0, 0.05) is 23.4 Å². The molecule has 0 aliphatic carbocycles. The molecule has 0 bridgehead atoms. The van der Waals surface area contributed by atoms with Gasteiger partial charge in [-0.05, 0) is 41.9 Å². The second kappa shape index (κ2) is 6.52. The SMILES string of the molecule is CC(C)(C)[Si](C)(C)Oc1ccc2c3c(c(=O)oc2c1)-c1ccccc1OCC3. The van der Waals surface area contributed by atoms with Crippen molar-refractivity contribution in [1.29, 1.82) is 0 Å². The molecule has 3 aromatic rings. The first-order valence-electron chi connectivity index (χ1n) is 9.68. The minimum absolute atomic E-state index is 0.0949. The summed E-state index contributed by atoms with van der Waals surface area (Å²) in [4.78, 5) is 12.9. The van der Waals surface area contributed by atoms with Crippen LogP contribution < -0.4 is 14.8 Å². The summed E-state index contributed by atoms with van der Waals surface area (Å²) in [6.07, 6.45) is 0.661. The highest BCUT2D eigenvalue weighted by Gasteiger charge is 2.39. The summed E-state index contributed by atoms with van der Waals surface area (Å²) in [5, 5.41) is 1.04. The smallest absolute Gasteiger partial charge is 0.344 e. The third-order valence-electron chi connectivity index (χ3n) is 5.93. The lowest BCUT2D eigenvalue weighted by Crippen LogP contribution is -2.43. The normalized spacial score (nSPS) is 14.0. The van der Waals surface area contributed by atoms with Crippen molar-refractivity contribution in [2.45, 2.75) is 45.3 Å². The Hall–Kier alpha value is -2.53. The van der Waals surface area contributed by atoms with E-state index in [4.69, 9.17) is 13.6 Å². The topological polar surface area (TPSA) is 48.7 Å². The third-order valence-corrected chi connectivity index (χ3v) is 10.3. The van der Waals surface area contributed by atoms with E-state index in [1.165, 1.54) is 0 Å². The molecule has 1 aromatic heterocycles. The molecule has 2 heterocycles. The lowest BCUT2D eigenvalue weighted by Gasteiger charge is -2.36. The zero-order valence-electron chi connectivity index (χ0n) is 17.1. The molecule has 28 heavy (non-hydrogen) atoms. The van der Waals surface area contributed by atoms with Gasteiger partial charge in [0.25, 0.3) is 0 Å². The van der Waals surface area contributed by atoms with Crippen molar-refractivity contribution in [3.05, 3.63) is 58.4 Å². The highest BCUT2D eigenvalue weighted by molar-refractivity contribution is 6.74. The number of benzene rings is 2. The molecular weight excluding hydrogens is 368 g/mol. The zero-order valence-corrected chi connectivity index (χ0v) is 18.1. The van der Waals surface area contributed by atoms with Crippen LogP contribution in [0.25, 0.3) is 22.1 Å². The van der Waals surface area contributed by atoms with Crippen LogP contribution in [0.5, 0.6) is 11.5 Å². The Morgan fingerprint density at radius 2 is 1.82 bits per heavy atom. The number of para-hydroxylation sites is 1. The van der Waals surface area contributed by atoms with Crippen molar-refractivity contribution in [2.75, 3.05) is 6.61 Å². The van der Waals surface area contributed by atoms with Crippen LogP contribution in [0.4, 0.5) is 0 Å². The monoisotopic (exact) mass is 394 g/mol. The first kappa shape index (κ1) is 18.8. The van der Waals surface area contributed by atoms with Crippen LogP contribution in [0.3, 0.4) is 0 Å². The first-order valence-corrected chi connectivity index (χ1v) is 12.6. The van der Waals surface area contributed by atoms with Gasteiger partial charge in [0.2, 0.25) is 8.32 Å². The van der Waals surface area contributed by atoms with Crippen molar-refractivity contribution < 1.29 is 13.6 Å². The number of ether oxygens (including phenoxy) is 1. The van der Waals surface area contributed by atoms with E-state index < -0.39 is 8.32 Å². The quantitative estimate of drug-likeness (QED) is 0.408. The molecule has 0 amide bonds. The fraction of sp³-hybridized carbons (Fsp3) is 0.348. The molecule has 0 atom stereocenters. The number of rotatable bonds is 2. The Morgan fingerprint density at radius 1 is 1.07 bits per heavy atom. The molecule has 5 heteroatoms. The summed E-state index contributed by atoms with van der Waals surface area (Å²) in [5.41, 5.74) is 2.63. The van der Waals surface area contributed by atoms with Crippen molar-refractivity contribution in [2.24, 2.45) is 0 Å². The van der Waals surface area contributed by atoms with E-state index in [0.717, 1.165) is 28.0 Å². The Labute approximate surface area is 166 Å². The van der Waals surface area contributed by atoms with Gasteiger partial charge in [-0.1, -0.05) is 39.0 Å². The second-order valence-electron chi connectivity index (χ2n) is 8.86. The Balaban J connectivity index is 1.86. The Bertz CT molecular complexity index is 1110. The van der Waals surface area contributed by atoms with Crippen molar-refractivity contribution in [1.82, 2.24) is 0 Å². The lowest BCUT2D eigenvalue weighted by atomic mass is 9.97. The van der Waals surface area contributed by atoms with Gasteiger partial charge in [-0.2, -0.15) is 0 Å². The molecule has 4 nitrogen and oxygen atoms in total. The van der Waals surface area contributed by atoms with Crippen LogP contribution in [-0.4, -0.2) is 14.9 Å². The molecule has 0 saturated carbocycles. The second-order valence-corrected chi connectivity index (χ2v) is 13.6. The summed E-state index contributed by atoms with van der Waals surface area (Å²) in [7, 11) is -1.97. The van der Waals surface area contributed by atoms with Crippen LogP contribution in [-0.2, 0) is 6.42 Å². The van der Waals surface area contributed by atoms with Crippen LogP contribution >= 0.6 is 0 Å². The van der Waals surface area contributed by atoms with E-state index in [9.17, 15) is 4.79 Å². The molecule has 1 aliphatic heterocycles. The maximum Gasteiger partial charge on any atom is 0.344 e. The fourth-order valence-electron chi connectivity index (χ4n) is 3.35. The van der Waals surface area contributed by atoms with Crippen LogP contribution in [0.1, 0.15) is 26.3 Å². The van der Waals surface area contributed by atoms with Crippen LogP contribution in [0.15, 0.2) is 51.7 Å². The molecule has 0 saturated heterocycles. The molecule has 2 aromatic carbocycles. The minimum Gasteiger partial charge on any atom is -0.543 e. The molecule has 4 rings (SSSR count). The van der Waals surface area contributed by atoms with Gasteiger partial charge in [0.05, 0.1) is 12.2 Å². The standard InChI is InChI=1S/C23H26O4Si/c1-23(2,3)28(4,5)27-15-10-11-16-17-12-13-25-19-9-7-6-8-18(19)21(17)22(24)26-20(16)14-15/h6-11,14H,12-13H2,1-5H3. The Morgan fingerprint density at radius 3 is 2.57 bits per heavy atom. The number of hydrogen-bond acceptors (Lipinski definition) is 4. The van der Waals surface area contributed by atoms with Gasteiger partial charge < -0.3 is 13.6 Å². The molecule has 0 unspecified atom stereocenters. The summed E-state index contributed by atoms with van der Waals surface area (Å²) in [6.45, 7) is 11.6. The van der Waals surface area contributed by atoms with Crippen LogP contribution in [0, 0.1) is 0 Å². The molecule has 0 N–H and O–H groups in total. The fourth-order valence-corrected chi connectivity index (χ4v) is 4.37. The minimum atomic E-state index is -1.97. The van der Waals surface area contributed by atoms with E-state index in [-0.39, 0.29) is 10.7 Å². The third kappa shape index (κ3) is 3.14. The predicted octanol–water partition coefficient (Wildman–Crippen LogP) is 5.78. The maximum atomic E-state index is 12.9. The summed E-state index contributed by atoms with van der Waals surface area (Å²) in [6, 6.07) is 13.5. The molecule has 1 aliphatic rings. The largest absolute Gasteiger partial charge is 0.543 e. The van der Waals surface area contributed by atoms with E-state index in [2.05, 4.69) is 33.9 Å². The van der Waals surface area contributed by atoms with Gasteiger partial charge in [-0.25, -0.2) is 4.79 Å². The van der Waals surface area contributed by atoms with Gasteiger partial charge in [0.1, 0.15) is 17.1 Å². The molecule has 0 spiro atoms. The molecular formula is C23H26O4Si. The zero-order chi connectivity index (χ0) is 20.1. The highest BCUT2D eigenvalue weighted by Crippen LogP contribution is 2.39. The van der Waals surface area contributed by atoms with E-state index in [1.54, 1.807) is 0 Å². The highest BCUT2D eigenvalue weighted by atomic mass is 28.4. The van der Waals surface area contributed by atoms with Gasteiger partial charge >= 0.3 is 5.63 Å². The lowest BCUT2D eigenvalue weighted by molar-refractivity contribution is 0.327. The Kier molecular flexibility index (Phi) is 4.38. The van der Waals surface area contributed by atoms with E-state index in [1.807, 2.05) is 42.5 Å². The average molecular weight is 395 g/mol. The van der Waals surface area contributed by atoms with Crippen molar-refractivity contribution in [3.63, 3.8) is 0 Å². The van der Waals surface area contributed by atoms with Crippen molar-refractivity contribution >= 4 is 19.3 Å². The number of hydrogen-bond donors (Lipinski definition) is 0. The number of fused-ring (bicyclic) bond motifs is 5. The van der Waals surface area contributed by atoms with Crippen molar-refractivity contribution in [3.8, 4) is 22.6 Å². The van der Waals surface area contributed by atoms with Crippen LogP contribution in [0.2, 0.25) is 18.1 Å². The summed E-state index contributed by atoms with van der Waals surface area (Å²) >= 11 is 0. The molecule has 0 fully saturated rings. The maximum absolute atomic E-state index is 12.9. The van der Waals surface area contributed by atoms with E-state index >= 15 is 0 Å². The molecule has 0 radical (unpaired) electrons. The van der Waals surface area contributed by atoms with Gasteiger partial charge in [-0.3, -0.25) is 0 Å². The summed E-state index contributed by atoms with van der Waals surface area (Å²) in [5.74, 6) is 1.48. The van der Waals surface area contributed by atoms with E-state index in [0.29, 0.717) is 24.2 Å². The molecule has 146 valence electrons. The average Bonchev–Trinajstić information content (AvgIpc) is 2.80. The van der Waals surface area contributed by atoms with Gasteiger partial charge in [0.15, 0.2) is 0 Å². The summed E-state index contributed by atoms with van der Waals surface area (Å²) < 4.78 is 18.0. The first-order chi connectivity index (χ1) is 13.2. The van der Waals surface area contributed by atoms with Gasteiger partial charge in [-0.15, -0.1) is 0 Å².